The number of amides is 1. The SMILES string of the molecule is O=C(Nc1cnn(-c2ccc(F)cc2)c1)c1cccc([C@@H]2C[C@H]2NC2CCOCC2)c1. The summed E-state index contributed by atoms with van der Waals surface area (Å²) >= 11 is 0. The lowest BCUT2D eigenvalue weighted by Gasteiger charge is -2.23. The highest BCUT2D eigenvalue weighted by atomic mass is 19.1. The second kappa shape index (κ2) is 8.61. The van der Waals surface area contributed by atoms with E-state index in [1.54, 1.807) is 29.2 Å². The highest BCUT2D eigenvalue weighted by molar-refractivity contribution is 6.04. The van der Waals surface area contributed by atoms with Crippen molar-refractivity contribution in [2.24, 2.45) is 0 Å². The van der Waals surface area contributed by atoms with E-state index in [2.05, 4.69) is 21.8 Å². The molecule has 2 heterocycles. The molecule has 5 rings (SSSR count). The third kappa shape index (κ3) is 4.68. The lowest BCUT2D eigenvalue weighted by atomic mass is 10.1. The molecule has 0 spiro atoms. The number of hydrogen-bond acceptors (Lipinski definition) is 4. The molecule has 6 nitrogen and oxygen atoms in total. The Kier molecular flexibility index (Phi) is 5.53. The van der Waals surface area contributed by atoms with Gasteiger partial charge in [-0.1, -0.05) is 12.1 Å². The Morgan fingerprint density at radius 1 is 1.13 bits per heavy atom. The van der Waals surface area contributed by atoms with Gasteiger partial charge in [0, 0.05) is 36.8 Å². The van der Waals surface area contributed by atoms with Gasteiger partial charge >= 0.3 is 0 Å². The number of benzene rings is 2. The molecule has 3 aromatic rings. The summed E-state index contributed by atoms with van der Waals surface area (Å²) in [6.07, 6.45) is 6.53. The fourth-order valence-corrected chi connectivity index (χ4v) is 4.15. The molecule has 2 aliphatic rings. The number of aromatic nitrogens is 2. The molecular weight excluding hydrogens is 395 g/mol. The topological polar surface area (TPSA) is 68.2 Å². The summed E-state index contributed by atoms with van der Waals surface area (Å²) < 4.78 is 20.1. The van der Waals surface area contributed by atoms with Crippen LogP contribution >= 0.6 is 0 Å². The minimum absolute atomic E-state index is 0.171. The fraction of sp³-hybridized carbons (Fsp3) is 0.333. The van der Waals surface area contributed by atoms with Crippen molar-refractivity contribution in [3.8, 4) is 5.69 Å². The van der Waals surface area contributed by atoms with Crippen LogP contribution < -0.4 is 10.6 Å². The summed E-state index contributed by atoms with van der Waals surface area (Å²) in [5, 5.41) is 10.9. The van der Waals surface area contributed by atoms with E-state index in [-0.39, 0.29) is 11.7 Å². The summed E-state index contributed by atoms with van der Waals surface area (Å²) in [4.78, 5) is 12.8. The van der Waals surface area contributed by atoms with Crippen LogP contribution in [0.25, 0.3) is 5.69 Å². The lowest BCUT2D eigenvalue weighted by Crippen LogP contribution is -2.36. The predicted molar refractivity (Wildman–Crippen MR) is 116 cm³/mol. The van der Waals surface area contributed by atoms with Gasteiger partial charge in [-0.2, -0.15) is 5.10 Å². The zero-order valence-electron chi connectivity index (χ0n) is 17.1. The Labute approximate surface area is 180 Å². The van der Waals surface area contributed by atoms with E-state index in [9.17, 15) is 9.18 Å². The molecule has 1 aromatic heterocycles. The molecule has 0 bridgehead atoms. The quantitative estimate of drug-likeness (QED) is 0.635. The molecule has 2 aromatic carbocycles. The van der Waals surface area contributed by atoms with Crippen LogP contribution in [0.2, 0.25) is 0 Å². The maximum Gasteiger partial charge on any atom is 0.255 e. The molecule has 2 fully saturated rings. The van der Waals surface area contributed by atoms with Crippen molar-refractivity contribution in [3.63, 3.8) is 0 Å². The van der Waals surface area contributed by atoms with Gasteiger partial charge in [0.15, 0.2) is 0 Å². The van der Waals surface area contributed by atoms with Gasteiger partial charge in [-0.25, -0.2) is 9.07 Å². The van der Waals surface area contributed by atoms with Crippen LogP contribution in [0.1, 0.15) is 41.1 Å². The summed E-state index contributed by atoms with van der Waals surface area (Å²) in [5.74, 6) is -0.0166. The molecule has 1 aliphatic carbocycles. The molecule has 2 atom stereocenters. The summed E-state index contributed by atoms with van der Waals surface area (Å²) in [5.41, 5.74) is 3.13. The third-order valence-corrected chi connectivity index (χ3v) is 5.97. The molecule has 1 saturated carbocycles. The van der Waals surface area contributed by atoms with E-state index in [1.807, 2.05) is 18.2 Å². The van der Waals surface area contributed by atoms with Crippen LogP contribution in [0.5, 0.6) is 0 Å². The first-order chi connectivity index (χ1) is 15.2. The number of nitrogens with zero attached hydrogens (tertiary/aromatic N) is 2. The normalized spacial score (nSPS) is 21.1. The van der Waals surface area contributed by atoms with E-state index in [1.165, 1.54) is 17.7 Å². The van der Waals surface area contributed by atoms with Crippen molar-refractivity contribution in [2.75, 3.05) is 18.5 Å². The van der Waals surface area contributed by atoms with Gasteiger partial charge in [0.05, 0.1) is 23.8 Å². The van der Waals surface area contributed by atoms with Gasteiger partial charge < -0.3 is 15.4 Å². The van der Waals surface area contributed by atoms with E-state index in [0.29, 0.717) is 29.3 Å². The first kappa shape index (κ1) is 19.9. The molecule has 1 aliphatic heterocycles. The molecule has 1 saturated heterocycles. The number of ether oxygens (including phenoxy) is 1. The molecule has 1 amide bonds. The zero-order valence-corrected chi connectivity index (χ0v) is 17.1. The van der Waals surface area contributed by atoms with Gasteiger partial charge in [0.2, 0.25) is 0 Å². The lowest BCUT2D eigenvalue weighted by molar-refractivity contribution is 0.0774. The van der Waals surface area contributed by atoms with Crippen molar-refractivity contribution in [2.45, 2.75) is 37.3 Å². The van der Waals surface area contributed by atoms with E-state index in [4.69, 9.17) is 4.74 Å². The highest BCUT2D eigenvalue weighted by Crippen LogP contribution is 2.41. The minimum Gasteiger partial charge on any atom is -0.381 e. The molecule has 31 heavy (non-hydrogen) atoms. The monoisotopic (exact) mass is 420 g/mol. The van der Waals surface area contributed by atoms with Crippen LogP contribution in [0.15, 0.2) is 60.9 Å². The first-order valence-electron chi connectivity index (χ1n) is 10.7. The first-order valence-corrected chi connectivity index (χ1v) is 10.7. The van der Waals surface area contributed by atoms with E-state index >= 15 is 0 Å². The Bertz CT molecular complexity index is 1060. The molecule has 0 unspecified atom stereocenters. The Morgan fingerprint density at radius 2 is 1.94 bits per heavy atom. The molecule has 160 valence electrons. The summed E-state index contributed by atoms with van der Waals surface area (Å²) in [6, 6.07) is 14.9. The number of carbonyl (C=O) groups is 1. The number of halogens is 1. The number of rotatable bonds is 6. The Balaban J connectivity index is 1.21. The predicted octanol–water partition coefficient (Wildman–Crippen LogP) is 3.89. The number of nitrogens with one attached hydrogen (secondary N) is 2. The smallest absolute Gasteiger partial charge is 0.255 e. The standard InChI is InChI=1S/C24H25FN4O2/c25-18-4-6-21(7-5-18)29-15-20(14-26-29)28-24(30)17-3-1-2-16(12-17)22-13-23(22)27-19-8-10-31-11-9-19/h1-7,12,14-15,19,22-23,27H,8-11,13H2,(H,28,30)/t22-,23+/m0/s1. The largest absolute Gasteiger partial charge is 0.381 e. The summed E-state index contributed by atoms with van der Waals surface area (Å²) in [7, 11) is 0. The highest BCUT2D eigenvalue weighted by Gasteiger charge is 2.39. The van der Waals surface area contributed by atoms with Crippen LogP contribution in [-0.4, -0.2) is 41.0 Å². The maximum absolute atomic E-state index is 13.1. The van der Waals surface area contributed by atoms with E-state index in [0.717, 1.165) is 38.2 Å². The third-order valence-electron chi connectivity index (χ3n) is 5.97. The van der Waals surface area contributed by atoms with Crippen LogP contribution in [-0.2, 0) is 4.74 Å². The second-order valence-electron chi connectivity index (χ2n) is 8.23. The summed E-state index contributed by atoms with van der Waals surface area (Å²) in [6.45, 7) is 1.67. The average molecular weight is 420 g/mol. The zero-order chi connectivity index (χ0) is 21.2. The Morgan fingerprint density at radius 3 is 2.74 bits per heavy atom. The number of anilines is 1. The van der Waals surface area contributed by atoms with Gasteiger partial charge in [-0.3, -0.25) is 4.79 Å². The van der Waals surface area contributed by atoms with Crippen molar-refractivity contribution < 1.29 is 13.9 Å². The molecular formula is C24H25FN4O2. The maximum atomic E-state index is 13.1. The van der Waals surface area contributed by atoms with Crippen LogP contribution in [0.4, 0.5) is 10.1 Å². The molecule has 0 radical (unpaired) electrons. The van der Waals surface area contributed by atoms with Gasteiger partial charge in [0.25, 0.3) is 5.91 Å². The molecule has 7 heteroatoms. The van der Waals surface area contributed by atoms with Crippen molar-refractivity contribution in [1.82, 2.24) is 15.1 Å². The van der Waals surface area contributed by atoms with E-state index < -0.39 is 0 Å². The minimum atomic E-state index is -0.301. The van der Waals surface area contributed by atoms with Gasteiger partial charge in [-0.15, -0.1) is 0 Å². The van der Waals surface area contributed by atoms with Crippen LogP contribution in [0.3, 0.4) is 0 Å². The van der Waals surface area contributed by atoms with Gasteiger partial charge in [0.1, 0.15) is 5.82 Å². The van der Waals surface area contributed by atoms with Gasteiger partial charge in [-0.05, 0) is 61.2 Å². The number of carbonyl (C=O) groups excluding carboxylic acids is 1. The fourth-order valence-electron chi connectivity index (χ4n) is 4.15. The number of hydrogen-bond donors (Lipinski definition) is 2. The molecule has 2 N–H and O–H groups in total. The van der Waals surface area contributed by atoms with Crippen LogP contribution in [0, 0.1) is 5.82 Å². The van der Waals surface area contributed by atoms with Crippen molar-refractivity contribution >= 4 is 11.6 Å². The second-order valence-corrected chi connectivity index (χ2v) is 8.23. The average Bonchev–Trinajstić information content (AvgIpc) is 3.41. The van der Waals surface area contributed by atoms with Crippen molar-refractivity contribution in [3.05, 3.63) is 77.9 Å². The van der Waals surface area contributed by atoms with Crippen molar-refractivity contribution in [1.29, 1.82) is 0 Å². The Hall–Kier alpha value is -3.03.